The summed E-state index contributed by atoms with van der Waals surface area (Å²) in [6.45, 7) is 6.21. The topological polar surface area (TPSA) is 43.8 Å². The monoisotopic (exact) mass is 183 g/mol. The Kier molecular flexibility index (Phi) is 2.19. The Morgan fingerprint density at radius 1 is 1.50 bits per heavy atom. The molecule has 12 heavy (non-hydrogen) atoms. The predicted octanol–water partition coefficient (Wildman–Crippen LogP) is 1.95. The van der Waals surface area contributed by atoms with Crippen molar-refractivity contribution in [1.29, 1.82) is 0 Å². The van der Waals surface area contributed by atoms with Gasteiger partial charge in [-0.25, -0.2) is 4.98 Å². The first-order chi connectivity index (χ1) is 5.41. The highest BCUT2D eigenvalue weighted by atomic mass is 32.1. The molecule has 0 radical (unpaired) electrons. The highest BCUT2D eigenvalue weighted by Gasteiger charge is 2.12. The zero-order chi connectivity index (χ0) is 9.35. The quantitative estimate of drug-likeness (QED) is 0.625. The van der Waals surface area contributed by atoms with Gasteiger partial charge in [0.05, 0.1) is 0 Å². The van der Waals surface area contributed by atoms with Crippen LogP contribution in [0.5, 0.6) is 0 Å². The Hall–Kier alpha value is -0.900. The molecule has 0 aromatic carbocycles. The molecule has 0 spiro atoms. The summed E-state index contributed by atoms with van der Waals surface area (Å²) in [5.74, 6) is 0.473. The highest BCUT2D eigenvalue weighted by Crippen LogP contribution is 2.13. The predicted molar refractivity (Wildman–Crippen MR) is 52.5 cm³/mol. The Balaban J connectivity index is 3.29. The maximum atomic E-state index is 5.48. The number of nitrogens with zero attached hydrogens (tertiary/aromatic N) is 2. The second kappa shape index (κ2) is 2.86. The number of hydrogen-bond acceptors (Lipinski definition) is 3. The Morgan fingerprint density at radius 3 is 2.50 bits per heavy atom. The molecule has 0 saturated carbocycles. The Morgan fingerprint density at radius 2 is 2.08 bits per heavy atom. The van der Waals surface area contributed by atoms with Crippen LogP contribution in [0.4, 0.5) is 5.82 Å². The minimum absolute atomic E-state index is 0.0300. The van der Waals surface area contributed by atoms with Gasteiger partial charge in [-0.3, -0.25) is 0 Å². The van der Waals surface area contributed by atoms with Crippen LogP contribution in [0.1, 0.15) is 20.8 Å². The van der Waals surface area contributed by atoms with E-state index in [1.165, 1.54) is 0 Å². The third-order valence-corrected chi connectivity index (χ3v) is 1.84. The van der Waals surface area contributed by atoms with Gasteiger partial charge in [-0.1, -0.05) is 0 Å². The molecule has 2 N–H and O–H groups in total. The summed E-state index contributed by atoms with van der Waals surface area (Å²) in [4.78, 5) is 4.00. The van der Waals surface area contributed by atoms with Gasteiger partial charge in [0.15, 0.2) is 0 Å². The van der Waals surface area contributed by atoms with Crippen molar-refractivity contribution in [2.24, 2.45) is 0 Å². The van der Waals surface area contributed by atoms with E-state index in [4.69, 9.17) is 18.0 Å². The van der Waals surface area contributed by atoms with Crippen LogP contribution in [-0.2, 0) is 5.54 Å². The van der Waals surface area contributed by atoms with Gasteiger partial charge in [0.2, 0.25) is 4.77 Å². The van der Waals surface area contributed by atoms with Crippen LogP contribution in [0, 0.1) is 4.77 Å². The van der Waals surface area contributed by atoms with Crippen LogP contribution < -0.4 is 5.73 Å². The van der Waals surface area contributed by atoms with Crippen molar-refractivity contribution in [3.05, 3.63) is 17.0 Å². The van der Waals surface area contributed by atoms with Gasteiger partial charge in [0.1, 0.15) is 5.82 Å². The van der Waals surface area contributed by atoms with Crippen LogP contribution in [0.2, 0.25) is 0 Å². The summed E-state index contributed by atoms with van der Waals surface area (Å²) >= 11 is 5.06. The van der Waals surface area contributed by atoms with Crippen molar-refractivity contribution in [3.8, 4) is 0 Å². The molecule has 1 rings (SSSR count). The van der Waals surface area contributed by atoms with E-state index in [1.807, 2.05) is 10.8 Å². The van der Waals surface area contributed by atoms with E-state index in [2.05, 4.69) is 25.8 Å². The molecular formula is C8H13N3S. The lowest BCUT2D eigenvalue weighted by Gasteiger charge is -2.22. The Labute approximate surface area is 77.2 Å². The summed E-state index contributed by atoms with van der Waals surface area (Å²) in [6.07, 6.45) is 1.87. The normalized spacial score (nSPS) is 11.6. The van der Waals surface area contributed by atoms with Gasteiger partial charge in [-0.15, -0.1) is 0 Å². The maximum absolute atomic E-state index is 5.48. The zero-order valence-corrected chi connectivity index (χ0v) is 8.35. The largest absolute Gasteiger partial charge is 0.384 e. The highest BCUT2D eigenvalue weighted by molar-refractivity contribution is 7.71. The molecule has 1 heterocycles. The number of aromatic nitrogens is 2. The molecule has 4 heteroatoms. The molecule has 0 aliphatic rings. The van der Waals surface area contributed by atoms with E-state index < -0.39 is 0 Å². The van der Waals surface area contributed by atoms with Crippen LogP contribution in [0.3, 0.4) is 0 Å². The molecule has 0 saturated heterocycles. The van der Waals surface area contributed by atoms with Gasteiger partial charge >= 0.3 is 0 Å². The number of anilines is 1. The molecule has 0 unspecified atom stereocenters. The number of nitrogens with two attached hydrogens (primary N) is 1. The minimum atomic E-state index is -0.0300. The van der Waals surface area contributed by atoms with Crippen molar-refractivity contribution in [2.75, 3.05) is 5.73 Å². The average Bonchev–Trinajstić information content (AvgIpc) is 1.83. The van der Waals surface area contributed by atoms with Crippen LogP contribution in [0.25, 0.3) is 0 Å². The summed E-state index contributed by atoms with van der Waals surface area (Å²) in [7, 11) is 0. The van der Waals surface area contributed by atoms with Gasteiger partial charge in [0.25, 0.3) is 0 Å². The molecule has 0 bridgehead atoms. The van der Waals surface area contributed by atoms with E-state index in [0.717, 1.165) is 0 Å². The third kappa shape index (κ3) is 1.82. The molecule has 0 fully saturated rings. The smallest absolute Gasteiger partial charge is 0.201 e. The number of rotatable bonds is 0. The molecule has 3 nitrogen and oxygen atoms in total. The Bertz CT molecular complexity index is 335. The summed E-state index contributed by atoms with van der Waals surface area (Å²) < 4.78 is 2.45. The second-order valence-electron chi connectivity index (χ2n) is 3.68. The summed E-state index contributed by atoms with van der Waals surface area (Å²) in [5, 5.41) is 0. The fraction of sp³-hybridized carbons (Fsp3) is 0.500. The van der Waals surface area contributed by atoms with E-state index in [0.29, 0.717) is 10.6 Å². The van der Waals surface area contributed by atoms with Crippen molar-refractivity contribution < 1.29 is 0 Å². The lowest BCUT2D eigenvalue weighted by Crippen LogP contribution is -2.23. The number of nitrogen functional groups attached to an aromatic ring is 1. The first-order valence-electron chi connectivity index (χ1n) is 3.77. The van der Waals surface area contributed by atoms with Crippen LogP contribution in [-0.4, -0.2) is 9.55 Å². The van der Waals surface area contributed by atoms with Crippen molar-refractivity contribution in [1.82, 2.24) is 9.55 Å². The fourth-order valence-electron chi connectivity index (χ4n) is 0.927. The molecule has 66 valence electrons. The van der Waals surface area contributed by atoms with E-state index in [9.17, 15) is 0 Å². The summed E-state index contributed by atoms with van der Waals surface area (Å²) in [6, 6.07) is 1.75. The van der Waals surface area contributed by atoms with Gasteiger partial charge in [0, 0.05) is 11.7 Å². The average molecular weight is 183 g/mol. The molecule has 0 atom stereocenters. The molecular weight excluding hydrogens is 170 g/mol. The maximum Gasteiger partial charge on any atom is 0.201 e. The van der Waals surface area contributed by atoms with Crippen LogP contribution in [0.15, 0.2) is 12.3 Å². The molecule has 1 aromatic heterocycles. The molecule has 0 amide bonds. The minimum Gasteiger partial charge on any atom is -0.384 e. The standard InChI is InChI=1S/C8H13N3S/c1-8(2,3)11-5-4-6(9)10-7(11)12/h4-5H,1-3H3,(H2,9,10,12). The number of hydrogen-bond donors (Lipinski definition) is 1. The van der Waals surface area contributed by atoms with E-state index in [1.54, 1.807) is 6.07 Å². The van der Waals surface area contributed by atoms with Gasteiger partial charge in [-0.05, 0) is 39.1 Å². The molecule has 1 aromatic rings. The van der Waals surface area contributed by atoms with Crippen LogP contribution >= 0.6 is 12.2 Å². The van der Waals surface area contributed by atoms with Gasteiger partial charge in [-0.2, -0.15) is 0 Å². The lowest BCUT2D eigenvalue weighted by atomic mass is 10.1. The first-order valence-corrected chi connectivity index (χ1v) is 4.18. The van der Waals surface area contributed by atoms with E-state index in [-0.39, 0.29) is 5.54 Å². The first kappa shape index (κ1) is 9.19. The van der Waals surface area contributed by atoms with Crippen molar-refractivity contribution >= 4 is 18.0 Å². The SMILES string of the molecule is CC(C)(C)n1ccc(N)nc1=S. The third-order valence-electron chi connectivity index (χ3n) is 1.55. The molecule has 0 aliphatic carbocycles. The van der Waals surface area contributed by atoms with Crippen molar-refractivity contribution in [2.45, 2.75) is 26.3 Å². The fourth-order valence-corrected chi connectivity index (χ4v) is 1.37. The second-order valence-corrected chi connectivity index (χ2v) is 4.04. The lowest BCUT2D eigenvalue weighted by molar-refractivity contribution is 0.385. The van der Waals surface area contributed by atoms with E-state index >= 15 is 0 Å². The van der Waals surface area contributed by atoms with Crippen molar-refractivity contribution in [3.63, 3.8) is 0 Å². The zero-order valence-electron chi connectivity index (χ0n) is 7.53. The summed E-state index contributed by atoms with van der Waals surface area (Å²) in [5.41, 5.74) is 5.45. The van der Waals surface area contributed by atoms with Gasteiger partial charge < -0.3 is 10.3 Å². The molecule has 0 aliphatic heterocycles.